The van der Waals surface area contributed by atoms with Crippen molar-refractivity contribution in [1.82, 2.24) is 0 Å². The first-order chi connectivity index (χ1) is 7.40. The number of rotatable bonds is 3. The van der Waals surface area contributed by atoms with Gasteiger partial charge < -0.3 is 9.57 Å². The van der Waals surface area contributed by atoms with Crippen molar-refractivity contribution in [3.63, 3.8) is 0 Å². The van der Waals surface area contributed by atoms with Gasteiger partial charge in [0, 0.05) is 12.2 Å². The first-order valence-electron chi connectivity index (χ1n) is 4.99. The van der Waals surface area contributed by atoms with E-state index < -0.39 is 0 Å². The summed E-state index contributed by atoms with van der Waals surface area (Å²) in [5.41, 5.74) is 1.87. The lowest BCUT2D eigenvalue weighted by Gasteiger charge is -2.15. The smallest absolute Gasteiger partial charge is 0.246 e. The molecule has 0 bridgehead atoms. The third-order valence-electron chi connectivity index (χ3n) is 2.07. The molecule has 1 aromatic rings. The predicted molar refractivity (Wildman–Crippen MR) is 58.6 cm³/mol. The van der Waals surface area contributed by atoms with Crippen LogP contribution in [0, 0.1) is 0 Å². The number of hydrogen-bond donors (Lipinski definition) is 0. The maximum absolute atomic E-state index is 5.25. The van der Waals surface area contributed by atoms with Gasteiger partial charge in [-0.05, 0) is 19.1 Å². The van der Waals surface area contributed by atoms with Crippen LogP contribution < -0.4 is 0 Å². The molecule has 1 atom stereocenters. The Balaban J connectivity index is 2.07. The average Bonchev–Trinajstić information content (AvgIpc) is 2.32. The number of nitrogens with zero attached hydrogens (tertiary/aromatic N) is 1. The first kappa shape index (κ1) is 9.93. The van der Waals surface area contributed by atoms with Gasteiger partial charge in [0.1, 0.15) is 5.71 Å². The molecule has 0 saturated heterocycles. The molecule has 0 unspecified atom stereocenters. The summed E-state index contributed by atoms with van der Waals surface area (Å²) in [6.45, 7) is 2.54. The van der Waals surface area contributed by atoms with Gasteiger partial charge in [0.15, 0.2) is 0 Å². The molecule has 2 rings (SSSR count). The highest BCUT2D eigenvalue weighted by atomic mass is 16.8. The van der Waals surface area contributed by atoms with Crippen LogP contribution >= 0.6 is 0 Å². The van der Waals surface area contributed by atoms with Crippen molar-refractivity contribution in [2.24, 2.45) is 5.16 Å². The molecule has 3 nitrogen and oxygen atoms in total. The Morgan fingerprint density at radius 1 is 1.33 bits per heavy atom. The van der Waals surface area contributed by atoms with Crippen LogP contribution in [0.3, 0.4) is 0 Å². The van der Waals surface area contributed by atoms with Crippen molar-refractivity contribution in [2.45, 2.75) is 13.2 Å². The maximum atomic E-state index is 5.25. The van der Waals surface area contributed by atoms with Crippen molar-refractivity contribution in [3.8, 4) is 0 Å². The highest BCUT2D eigenvalue weighted by Crippen LogP contribution is 2.10. The molecule has 0 amide bonds. The van der Waals surface area contributed by atoms with Gasteiger partial charge in [-0.3, -0.25) is 0 Å². The summed E-state index contributed by atoms with van der Waals surface area (Å²) < 4.78 is 5.25. The van der Waals surface area contributed by atoms with Crippen LogP contribution in [0.1, 0.15) is 12.5 Å². The van der Waals surface area contributed by atoms with E-state index in [1.165, 1.54) is 0 Å². The topological polar surface area (TPSA) is 30.8 Å². The fourth-order valence-electron chi connectivity index (χ4n) is 1.35. The van der Waals surface area contributed by atoms with Crippen LogP contribution in [0.4, 0.5) is 0 Å². The number of hydrogen-bond acceptors (Lipinski definition) is 3. The molecule has 0 saturated carbocycles. The molecule has 0 fully saturated rings. The number of allylic oxidation sites excluding steroid dienone is 1. The highest BCUT2D eigenvalue weighted by Gasteiger charge is 2.11. The average molecular weight is 203 g/mol. The Labute approximate surface area is 89.0 Å². The zero-order valence-electron chi connectivity index (χ0n) is 8.59. The Kier molecular flexibility index (Phi) is 3.15. The fourth-order valence-corrected chi connectivity index (χ4v) is 1.35. The highest BCUT2D eigenvalue weighted by molar-refractivity contribution is 6.08. The SMILES string of the molecule is CCO[C@H]1C=CC(c2ccccc2)=NO1. The molecule has 0 N–H and O–H groups in total. The van der Waals surface area contributed by atoms with E-state index in [1.54, 1.807) is 0 Å². The van der Waals surface area contributed by atoms with Crippen LogP contribution in [0.15, 0.2) is 47.6 Å². The Morgan fingerprint density at radius 2 is 2.13 bits per heavy atom. The van der Waals surface area contributed by atoms with Crippen LogP contribution in [-0.2, 0) is 9.57 Å². The van der Waals surface area contributed by atoms with Gasteiger partial charge in [-0.25, -0.2) is 0 Å². The predicted octanol–water partition coefficient (Wildman–Crippen LogP) is 2.34. The van der Waals surface area contributed by atoms with E-state index in [0.717, 1.165) is 11.3 Å². The summed E-state index contributed by atoms with van der Waals surface area (Å²) in [6, 6.07) is 9.90. The van der Waals surface area contributed by atoms with Crippen molar-refractivity contribution < 1.29 is 9.57 Å². The van der Waals surface area contributed by atoms with E-state index in [2.05, 4.69) is 5.16 Å². The quantitative estimate of drug-likeness (QED) is 0.755. The lowest BCUT2D eigenvalue weighted by molar-refractivity contribution is -0.108. The second-order valence-corrected chi connectivity index (χ2v) is 3.13. The summed E-state index contributed by atoms with van der Waals surface area (Å²) >= 11 is 0. The Morgan fingerprint density at radius 3 is 2.73 bits per heavy atom. The molecular formula is C12H13NO2. The van der Waals surface area contributed by atoms with E-state index in [1.807, 2.05) is 49.4 Å². The van der Waals surface area contributed by atoms with Crippen LogP contribution in [-0.4, -0.2) is 18.6 Å². The molecule has 1 aliphatic heterocycles. The van der Waals surface area contributed by atoms with Crippen molar-refractivity contribution in [2.75, 3.05) is 6.61 Å². The van der Waals surface area contributed by atoms with E-state index in [4.69, 9.17) is 9.57 Å². The molecular weight excluding hydrogens is 190 g/mol. The van der Waals surface area contributed by atoms with Crippen molar-refractivity contribution in [3.05, 3.63) is 48.0 Å². The minimum Gasteiger partial charge on any atom is -0.359 e. The van der Waals surface area contributed by atoms with Gasteiger partial charge in [0.25, 0.3) is 0 Å². The second-order valence-electron chi connectivity index (χ2n) is 3.13. The molecule has 3 heteroatoms. The largest absolute Gasteiger partial charge is 0.359 e. The van der Waals surface area contributed by atoms with E-state index in [-0.39, 0.29) is 6.29 Å². The maximum Gasteiger partial charge on any atom is 0.246 e. The van der Waals surface area contributed by atoms with E-state index >= 15 is 0 Å². The van der Waals surface area contributed by atoms with Gasteiger partial charge in [-0.1, -0.05) is 35.5 Å². The molecule has 15 heavy (non-hydrogen) atoms. The Hall–Kier alpha value is -1.61. The molecule has 0 aliphatic carbocycles. The Bertz CT molecular complexity index is 370. The normalized spacial score (nSPS) is 19.5. The molecule has 1 aliphatic rings. The lowest BCUT2D eigenvalue weighted by atomic mass is 10.1. The van der Waals surface area contributed by atoms with Gasteiger partial charge >= 0.3 is 0 Å². The van der Waals surface area contributed by atoms with Crippen molar-refractivity contribution in [1.29, 1.82) is 0 Å². The molecule has 1 aromatic carbocycles. The van der Waals surface area contributed by atoms with Crippen LogP contribution in [0.2, 0.25) is 0 Å². The zero-order chi connectivity index (χ0) is 10.5. The molecule has 78 valence electrons. The standard InChI is InChI=1S/C12H13NO2/c1-2-14-12-9-8-11(13-15-12)10-6-4-3-5-7-10/h3-9,12H,2H2,1H3/t12-/m1/s1. The van der Waals surface area contributed by atoms with E-state index in [0.29, 0.717) is 6.61 Å². The monoisotopic (exact) mass is 203 g/mol. The molecule has 0 spiro atoms. The summed E-state index contributed by atoms with van der Waals surface area (Å²) in [5.74, 6) is 0. The zero-order valence-corrected chi connectivity index (χ0v) is 8.59. The second kappa shape index (κ2) is 4.75. The third-order valence-corrected chi connectivity index (χ3v) is 2.07. The van der Waals surface area contributed by atoms with Crippen LogP contribution in [0.5, 0.6) is 0 Å². The van der Waals surface area contributed by atoms with E-state index in [9.17, 15) is 0 Å². The summed E-state index contributed by atoms with van der Waals surface area (Å²) in [5, 5.41) is 4.00. The summed E-state index contributed by atoms with van der Waals surface area (Å²) in [7, 11) is 0. The number of oxime groups is 1. The first-order valence-corrected chi connectivity index (χ1v) is 4.99. The van der Waals surface area contributed by atoms with Gasteiger partial charge in [0.2, 0.25) is 6.29 Å². The summed E-state index contributed by atoms with van der Waals surface area (Å²) in [6.07, 6.45) is 3.43. The van der Waals surface area contributed by atoms with Gasteiger partial charge in [0.05, 0.1) is 0 Å². The van der Waals surface area contributed by atoms with Gasteiger partial charge in [-0.15, -0.1) is 0 Å². The third kappa shape index (κ3) is 2.44. The fraction of sp³-hybridized carbons (Fsp3) is 0.250. The number of benzene rings is 1. The van der Waals surface area contributed by atoms with Crippen LogP contribution in [0.25, 0.3) is 0 Å². The van der Waals surface area contributed by atoms with Crippen molar-refractivity contribution >= 4 is 5.71 Å². The minimum absolute atomic E-state index is 0.345. The minimum atomic E-state index is -0.345. The number of ether oxygens (including phenoxy) is 1. The molecule has 0 aromatic heterocycles. The lowest BCUT2D eigenvalue weighted by Crippen LogP contribution is -2.17. The molecule has 1 heterocycles. The molecule has 0 radical (unpaired) electrons. The summed E-state index contributed by atoms with van der Waals surface area (Å²) in [4.78, 5) is 5.16. The van der Waals surface area contributed by atoms with Gasteiger partial charge in [-0.2, -0.15) is 0 Å².